The van der Waals surface area contributed by atoms with Gasteiger partial charge in [-0.3, -0.25) is 14.4 Å². The molecule has 0 heterocycles. The fourth-order valence-electron chi connectivity index (χ4n) is 7.87. The van der Waals surface area contributed by atoms with Gasteiger partial charge in [0.2, 0.25) is 0 Å². The summed E-state index contributed by atoms with van der Waals surface area (Å²) in [6.07, 6.45) is 43.7. The number of hydrogen-bond donors (Lipinski definition) is 0. The van der Waals surface area contributed by atoms with Crippen molar-refractivity contribution >= 4 is 17.9 Å². The number of carbonyl (C=O) groups is 3. The van der Waals surface area contributed by atoms with E-state index in [9.17, 15) is 14.4 Å². The summed E-state index contributed by atoms with van der Waals surface area (Å²) in [5.41, 5.74) is 0. The molecular weight excluding hydrogens is 733 g/mol. The molecule has 0 aliphatic carbocycles. The molecule has 6 nitrogen and oxygen atoms in total. The van der Waals surface area contributed by atoms with E-state index in [1.165, 1.54) is 167 Å². The van der Waals surface area contributed by atoms with E-state index >= 15 is 0 Å². The molecule has 0 spiro atoms. The van der Waals surface area contributed by atoms with E-state index in [1.807, 2.05) is 0 Å². The molecule has 0 amide bonds. The molecule has 2 unspecified atom stereocenters. The predicted molar refractivity (Wildman–Crippen MR) is 252 cm³/mol. The topological polar surface area (TPSA) is 78.9 Å². The van der Waals surface area contributed by atoms with Crippen LogP contribution in [0.2, 0.25) is 0 Å². The van der Waals surface area contributed by atoms with Crippen LogP contribution in [0.4, 0.5) is 0 Å². The molecule has 59 heavy (non-hydrogen) atoms. The van der Waals surface area contributed by atoms with Gasteiger partial charge < -0.3 is 14.2 Å². The van der Waals surface area contributed by atoms with E-state index in [4.69, 9.17) is 14.2 Å². The molecule has 0 fully saturated rings. The second-order valence-electron chi connectivity index (χ2n) is 19.1. The van der Waals surface area contributed by atoms with Crippen LogP contribution in [0.15, 0.2) is 0 Å². The third-order valence-electron chi connectivity index (χ3n) is 12.6. The van der Waals surface area contributed by atoms with Crippen LogP contribution < -0.4 is 0 Å². The van der Waals surface area contributed by atoms with Crippen molar-refractivity contribution in [3.05, 3.63) is 0 Å². The van der Waals surface area contributed by atoms with E-state index in [1.54, 1.807) is 0 Å². The average molecular weight is 835 g/mol. The molecule has 0 saturated heterocycles. The number of ether oxygens (including phenoxy) is 3. The SMILES string of the molecule is CCC(C)CCCCCCCCCCCCC(=O)O[C@H](COC(=O)CCCCCCCCCCCCCCCCC(C)C)COC(=O)CCCCCCCCC(C)CC. The van der Waals surface area contributed by atoms with E-state index < -0.39 is 6.10 Å². The fraction of sp³-hybridized carbons (Fsp3) is 0.943. The van der Waals surface area contributed by atoms with Gasteiger partial charge in [-0.25, -0.2) is 0 Å². The molecule has 0 aliphatic rings. The highest BCUT2D eigenvalue weighted by Crippen LogP contribution is 2.18. The van der Waals surface area contributed by atoms with E-state index in [-0.39, 0.29) is 31.1 Å². The van der Waals surface area contributed by atoms with Gasteiger partial charge in [0.25, 0.3) is 0 Å². The van der Waals surface area contributed by atoms with Crippen LogP contribution in [0, 0.1) is 17.8 Å². The van der Waals surface area contributed by atoms with Crippen molar-refractivity contribution in [2.24, 2.45) is 17.8 Å². The Labute approximate surface area is 368 Å². The van der Waals surface area contributed by atoms with Crippen molar-refractivity contribution in [3.63, 3.8) is 0 Å². The maximum absolute atomic E-state index is 12.8. The van der Waals surface area contributed by atoms with Crippen molar-refractivity contribution in [3.8, 4) is 0 Å². The normalized spacial score (nSPS) is 13.1. The van der Waals surface area contributed by atoms with Crippen LogP contribution in [-0.2, 0) is 28.6 Å². The highest BCUT2D eigenvalue weighted by atomic mass is 16.6. The Balaban J connectivity index is 4.30. The second kappa shape index (κ2) is 44.5. The number of carbonyl (C=O) groups excluding carboxylic acids is 3. The minimum absolute atomic E-state index is 0.0652. The summed E-state index contributed by atoms with van der Waals surface area (Å²) in [4.78, 5) is 37.9. The number of hydrogen-bond acceptors (Lipinski definition) is 6. The van der Waals surface area contributed by atoms with Crippen molar-refractivity contribution in [1.82, 2.24) is 0 Å². The molecular formula is C53H102O6. The minimum atomic E-state index is -0.763. The molecule has 0 aliphatic heterocycles. The zero-order valence-electron chi connectivity index (χ0n) is 40.5. The Morgan fingerprint density at radius 3 is 0.881 bits per heavy atom. The monoisotopic (exact) mass is 835 g/mol. The van der Waals surface area contributed by atoms with Crippen molar-refractivity contribution < 1.29 is 28.6 Å². The van der Waals surface area contributed by atoms with Gasteiger partial charge in [-0.05, 0) is 37.0 Å². The van der Waals surface area contributed by atoms with Crippen LogP contribution in [-0.4, -0.2) is 37.2 Å². The summed E-state index contributed by atoms with van der Waals surface area (Å²) in [6, 6.07) is 0. The summed E-state index contributed by atoms with van der Waals surface area (Å²) in [5.74, 6) is 1.67. The van der Waals surface area contributed by atoms with Crippen molar-refractivity contribution in [1.29, 1.82) is 0 Å². The summed E-state index contributed by atoms with van der Waals surface area (Å²) >= 11 is 0. The molecule has 0 radical (unpaired) electrons. The molecule has 350 valence electrons. The zero-order chi connectivity index (χ0) is 43.4. The van der Waals surface area contributed by atoms with Gasteiger partial charge in [0.05, 0.1) is 0 Å². The molecule has 0 rings (SSSR count). The largest absolute Gasteiger partial charge is 0.462 e. The van der Waals surface area contributed by atoms with Crippen LogP contribution in [0.5, 0.6) is 0 Å². The van der Waals surface area contributed by atoms with Gasteiger partial charge in [-0.15, -0.1) is 0 Å². The highest BCUT2D eigenvalue weighted by molar-refractivity contribution is 5.71. The van der Waals surface area contributed by atoms with E-state index in [2.05, 4.69) is 41.5 Å². The summed E-state index contributed by atoms with van der Waals surface area (Å²) in [5, 5.41) is 0. The summed E-state index contributed by atoms with van der Waals surface area (Å²) < 4.78 is 16.8. The number of esters is 3. The van der Waals surface area contributed by atoms with Crippen LogP contribution >= 0.6 is 0 Å². The standard InChI is InChI=1S/C53H102O6/c1-7-48(5)40-34-28-22-18-15-16-20-24-32-38-44-53(56)59-50(46-58-52(55)43-37-31-26-25-29-35-41-49(6)8-2)45-57-51(54)42-36-30-23-19-14-12-10-9-11-13-17-21-27-33-39-47(3)4/h47-50H,7-46H2,1-6H3/t48?,49?,50-/m1/s1. The van der Waals surface area contributed by atoms with Crippen molar-refractivity contribution in [2.75, 3.05) is 13.2 Å². The molecule has 0 N–H and O–H groups in total. The summed E-state index contributed by atoms with van der Waals surface area (Å²) in [6.45, 7) is 13.7. The summed E-state index contributed by atoms with van der Waals surface area (Å²) in [7, 11) is 0. The van der Waals surface area contributed by atoms with Gasteiger partial charge in [0.15, 0.2) is 6.10 Å². The first-order chi connectivity index (χ1) is 28.7. The van der Waals surface area contributed by atoms with E-state index in [0.29, 0.717) is 19.3 Å². The van der Waals surface area contributed by atoms with Crippen LogP contribution in [0.1, 0.15) is 286 Å². The fourth-order valence-corrected chi connectivity index (χ4v) is 7.87. The van der Waals surface area contributed by atoms with Gasteiger partial charge in [0.1, 0.15) is 13.2 Å². The Hall–Kier alpha value is -1.59. The first kappa shape index (κ1) is 57.4. The lowest BCUT2D eigenvalue weighted by Crippen LogP contribution is -2.30. The quantitative estimate of drug-likeness (QED) is 0.0345. The van der Waals surface area contributed by atoms with Gasteiger partial charge in [-0.1, -0.05) is 247 Å². The minimum Gasteiger partial charge on any atom is -0.462 e. The van der Waals surface area contributed by atoms with Crippen molar-refractivity contribution in [2.45, 2.75) is 292 Å². The molecule has 0 aromatic carbocycles. The molecule has 6 heteroatoms. The predicted octanol–water partition coefficient (Wildman–Crippen LogP) is 16.8. The maximum Gasteiger partial charge on any atom is 0.306 e. The molecule has 0 aromatic rings. The first-order valence-electron chi connectivity index (χ1n) is 26.2. The first-order valence-corrected chi connectivity index (χ1v) is 26.2. The highest BCUT2D eigenvalue weighted by Gasteiger charge is 2.19. The molecule has 0 aromatic heterocycles. The van der Waals surface area contributed by atoms with Gasteiger partial charge in [0, 0.05) is 19.3 Å². The Kier molecular flexibility index (Phi) is 43.3. The molecule has 0 bridgehead atoms. The lowest BCUT2D eigenvalue weighted by Gasteiger charge is -2.18. The second-order valence-corrected chi connectivity index (χ2v) is 19.1. The third kappa shape index (κ3) is 44.3. The molecule has 3 atom stereocenters. The molecule has 0 saturated carbocycles. The van der Waals surface area contributed by atoms with Crippen LogP contribution in [0.3, 0.4) is 0 Å². The zero-order valence-corrected chi connectivity index (χ0v) is 40.5. The number of unbranched alkanes of at least 4 members (excludes halogenated alkanes) is 27. The Bertz CT molecular complexity index is 918. The maximum atomic E-state index is 12.8. The van der Waals surface area contributed by atoms with Gasteiger partial charge >= 0.3 is 17.9 Å². The smallest absolute Gasteiger partial charge is 0.306 e. The average Bonchev–Trinajstić information content (AvgIpc) is 3.22. The van der Waals surface area contributed by atoms with Gasteiger partial charge in [-0.2, -0.15) is 0 Å². The Morgan fingerprint density at radius 1 is 0.339 bits per heavy atom. The van der Waals surface area contributed by atoms with Crippen LogP contribution in [0.25, 0.3) is 0 Å². The third-order valence-corrected chi connectivity index (χ3v) is 12.6. The lowest BCUT2D eigenvalue weighted by molar-refractivity contribution is -0.167. The van der Waals surface area contributed by atoms with E-state index in [0.717, 1.165) is 75.5 Å². The number of rotatable bonds is 46. The lowest BCUT2D eigenvalue weighted by atomic mass is 9.99. The Morgan fingerprint density at radius 2 is 0.593 bits per heavy atom.